The molecule has 1 aliphatic heterocycles. The molecule has 5 rings (SSSR count). The van der Waals surface area contributed by atoms with Crippen LogP contribution in [0.2, 0.25) is 0 Å². The fourth-order valence-corrected chi connectivity index (χ4v) is 11.6. The Balaban J connectivity index is 1.53. The second-order valence-electron chi connectivity index (χ2n) is 16.5. The predicted octanol–water partition coefficient (Wildman–Crippen LogP) is 5.64. The minimum Gasteiger partial charge on any atom is -0.481 e. The summed E-state index contributed by atoms with van der Waals surface area (Å²) in [6.45, 7) is 19.4. The van der Waals surface area contributed by atoms with Crippen LogP contribution in [-0.2, 0) is 23.8 Å². The molecule has 0 unspecified atom stereocenters. The molecule has 9 heteroatoms. The molecule has 0 amide bonds. The molecule has 1 heterocycles. The number of allylic oxidation sites excluding steroid dienone is 1. The minimum absolute atomic E-state index is 0.169. The maximum absolute atomic E-state index is 13.3. The number of esters is 1. The Morgan fingerprint density at radius 1 is 1.11 bits per heavy atom. The monoisotopic (exact) mass is 629 g/mol. The van der Waals surface area contributed by atoms with E-state index in [1.54, 1.807) is 7.05 Å². The Labute approximate surface area is 270 Å². The maximum Gasteiger partial charge on any atom is 0.307 e. The number of carboxylic acids is 1. The van der Waals surface area contributed by atoms with Crippen LogP contribution in [0.15, 0.2) is 11.6 Å². The topological polar surface area (TPSA) is 130 Å². The number of carboxylic acid groups (broad SMARTS) is 1. The summed E-state index contributed by atoms with van der Waals surface area (Å²) < 4.78 is 19.2. The normalized spacial score (nSPS) is 44.4. The molecule has 1 saturated heterocycles. The summed E-state index contributed by atoms with van der Waals surface area (Å²) in [7, 11) is 1.70. The molecule has 4 fully saturated rings. The molecule has 254 valence electrons. The van der Waals surface area contributed by atoms with Crippen molar-refractivity contribution in [3.8, 4) is 0 Å². The average molecular weight is 630 g/mol. The van der Waals surface area contributed by atoms with Crippen molar-refractivity contribution in [1.29, 1.82) is 5.41 Å². The Kier molecular flexibility index (Phi) is 9.00. The summed E-state index contributed by atoms with van der Waals surface area (Å²) >= 11 is 0. The lowest BCUT2D eigenvalue weighted by atomic mass is 9.34. The number of carbonyl (C=O) groups excluding carboxylic acids is 1. The Bertz CT molecular complexity index is 1220. The molecular formula is C36H59N3O6. The van der Waals surface area contributed by atoms with Crippen LogP contribution in [0.1, 0.15) is 93.9 Å². The van der Waals surface area contributed by atoms with E-state index in [1.165, 1.54) is 12.5 Å². The highest BCUT2D eigenvalue weighted by Gasteiger charge is 2.72. The van der Waals surface area contributed by atoms with Crippen molar-refractivity contribution in [1.82, 2.24) is 10.6 Å². The van der Waals surface area contributed by atoms with Gasteiger partial charge in [0.05, 0.1) is 25.7 Å². The van der Waals surface area contributed by atoms with Gasteiger partial charge in [-0.1, -0.05) is 60.1 Å². The van der Waals surface area contributed by atoms with Crippen LogP contribution >= 0.6 is 0 Å². The molecule has 4 aliphatic carbocycles. The van der Waals surface area contributed by atoms with Crippen LogP contribution in [0.3, 0.4) is 0 Å². The number of carbonyl (C=O) groups is 2. The summed E-state index contributed by atoms with van der Waals surface area (Å²) in [5.41, 5.74) is -0.0430. The first-order valence-electron chi connectivity index (χ1n) is 17.3. The summed E-state index contributed by atoms with van der Waals surface area (Å²) in [5.74, 6) is 0.117. The van der Waals surface area contributed by atoms with E-state index in [-0.39, 0.29) is 51.0 Å². The summed E-state index contributed by atoms with van der Waals surface area (Å²) in [6.07, 6.45) is 7.03. The molecular weight excluding hydrogens is 570 g/mol. The number of nitrogens with one attached hydrogen (secondary N) is 3. The van der Waals surface area contributed by atoms with Crippen molar-refractivity contribution in [3.63, 3.8) is 0 Å². The predicted molar refractivity (Wildman–Crippen MR) is 174 cm³/mol. The van der Waals surface area contributed by atoms with Gasteiger partial charge in [-0.3, -0.25) is 15.0 Å². The van der Waals surface area contributed by atoms with Gasteiger partial charge in [-0.2, -0.15) is 0 Å². The van der Waals surface area contributed by atoms with Crippen molar-refractivity contribution in [3.05, 3.63) is 11.6 Å². The molecule has 0 spiro atoms. The molecule has 9 nitrogen and oxygen atoms in total. The van der Waals surface area contributed by atoms with Gasteiger partial charge in [0.1, 0.15) is 12.2 Å². The summed E-state index contributed by atoms with van der Waals surface area (Å²) in [5, 5.41) is 24.6. The van der Waals surface area contributed by atoms with Gasteiger partial charge in [0, 0.05) is 31.3 Å². The molecule has 5 aliphatic rings. The van der Waals surface area contributed by atoms with Crippen molar-refractivity contribution in [2.45, 2.75) is 106 Å². The van der Waals surface area contributed by atoms with E-state index < -0.39 is 18.0 Å². The lowest BCUT2D eigenvalue weighted by Crippen LogP contribution is -2.70. The fourth-order valence-electron chi connectivity index (χ4n) is 11.6. The Morgan fingerprint density at radius 3 is 2.44 bits per heavy atom. The maximum atomic E-state index is 13.3. The average Bonchev–Trinajstić information content (AvgIpc) is 2.95. The number of aliphatic carboxylic acids is 1. The molecule has 0 aromatic carbocycles. The Hall–Kier alpha value is -2.13. The molecule has 45 heavy (non-hydrogen) atoms. The van der Waals surface area contributed by atoms with Gasteiger partial charge in [0.15, 0.2) is 5.96 Å². The van der Waals surface area contributed by atoms with Crippen LogP contribution in [0, 0.1) is 62.1 Å². The third-order valence-electron chi connectivity index (χ3n) is 14.3. The number of hydrogen-bond donors (Lipinski definition) is 4. The zero-order valence-electron chi connectivity index (χ0n) is 29.2. The fraction of sp³-hybridized carbons (Fsp3) is 0.861. The van der Waals surface area contributed by atoms with Crippen molar-refractivity contribution < 1.29 is 28.9 Å². The zero-order chi connectivity index (χ0) is 33.2. The molecule has 11 atom stereocenters. The molecule has 0 aromatic rings. The smallest absolute Gasteiger partial charge is 0.307 e. The van der Waals surface area contributed by atoms with Crippen LogP contribution in [0.4, 0.5) is 0 Å². The van der Waals surface area contributed by atoms with Crippen molar-refractivity contribution in [2.24, 2.45) is 56.7 Å². The molecule has 3 saturated carbocycles. The standard InChI is InChI=1S/C36H59N3O6/c1-21(2)22(3)32(5)14-15-34(7)24-10-11-27-33(6)19-43-20-36(27,25(24)12-13-35(34,8)28(32)30(41)42)18-26(45-23(4)40)29(33)44-17-16-39-31(37)38-9/h12,21-22,24,26-29H,10-11,13-20H2,1-9H3,(H,41,42)(H3,37,38,39)/t22-,24+,26-,27+,28-,29+,32-,33+,34-,35+,36+/m1/s1. The summed E-state index contributed by atoms with van der Waals surface area (Å²) in [6, 6.07) is 0. The minimum atomic E-state index is -0.650. The van der Waals surface area contributed by atoms with E-state index in [2.05, 4.69) is 65.2 Å². The highest BCUT2D eigenvalue weighted by molar-refractivity contribution is 5.76. The number of ether oxygens (including phenoxy) is 3. The van der Waals surface area contributed by atoms with Gasteiger partial charge in [-0.25, -0.2) is 0 Å². The van der Waals surface area contributed by atoms with E-state index in [4.69, 9.17) is 19.6 Å². The first-order chi connectivity index (χ1) is 21.0. The second-order valence-corrected chi connectivity index (χ2v) is 16.5. The van der Waals surface area contributed by atoms with Crippen LogP contribution in [-0.4, -0.2) is 68.6 Å². The van der Waals surface area contributed by atoms with E-state index in [9.17, 15) is 14.7 Å². The van der Waals surface area contributed by atoms with E-state index in [0.29, 0.717) is 50.5 Å². The number of guanidine groups is 1. The van der Waals surface area contributed by atoms with Gasteiger partial charge in [0.2, 0.25) is 0 Å². The van der Waals surface area contributed by atoms with E-state index >= 15 is 0 Å². The van der Waals surface area contributed by atoms with Gasteiger partial charge >= 0.3 is 11.9 Å². The number of rotatable bonds is 8. The highest BCUT2D eigenvalue weighted by Crippen LogP contribution is 2.75. The summed E-state index contributed by atoms with van der Waals surface area (Å²) in [4.78, 5) is 25.8. The van der Waals surface area contributed by atoms with Crippen LogP contribution in [0.5, 0.6) is 0 Å². The van der Waals surface area contributed by atoms with Crippen LogP contribution < -0.4 is 10.6 Å². The van der Waals surface area contributed by atoms with Gasteiger partial charge in [0.25, 0.3) is 0 Å². The molecule has 0 radical (unpaired) electrons. The molecule has 2 bridgehead atoms. The number of hydrogen-bond acceptors (Lipinski definition) is 6. The third-order valence-corrected chi connectivity index (χ3v) is 14.3. The van der Waals surface area contributed by atoms with Crippen molar-refractivity contribution in [2.75, 3.05) is 33.4 Å². The molecule has 0 aromatic heterocycles. The van der Waals surface area contributed by atoms with Gasteiger partial charge in [-0.15, -0.1) is 0 Å². The highest BCUT2D eigenvalue weighted by atomic mass is 16.6. The van der Waals surface area contributed by atoms with Crippen LogP contribution in [0.25, 0.3) is 0 Å². The third kappa shape index (κ3) is 5.04. The SMILES string of the molecule is CNC(=N)NCCO[C@H]1[C@H](OC(C)=O)C[C@@]23COC[C@@]1(C)[C@@H]2CC[C@H]1C3=CC[C@@]2(C)[C@H](C(=O)O)[C@@](C)([C@H](C)C(C)C)CC[C@]12C. The van der Waals surface area contributed by atoms with Gasteiger partial charge in [-0.05, 0) is 78.4 Å². The first-order valence-corrected chi connectivity index (χ1v) is 17.3. The van der Waals surface area contributed by atoms with Gasteiger partial charge < -0.3 is 30.0 Å². The lowest BCUT2D eigenvalue weighted by molar-refractivity contribution is -0.266. The second kappa shape index (κ2) is 11.8. The lowest BCUT2D eigenvalue weighted by Gasteiger charge is -2.71. The first kappa shape index (κ1) is 34.2. The van der Waals surface area contributed by atoms with Crippen molar-refractivity contribution >= 4 is 17.9 Å². The Morgan fingerprint density at radius 2 is 1.82 bits per heavy atom. The largest absolute Gasteiger partial charge is 0.481 e. The van der Waals surface area contributed by atoms with E-state index in [1.807, 2.05) is 0 Å². The van der Waals surface area contributed by atoms with E-state index in [0.717, 1.165) is 32.1 Å². The quantitative estimate of drug-likeness (QED) is 0.0893. The number of fused-ring (bicyclic) bond motifs is 3. The molecule has 4 N–H and O–H groups in total. The zero-order valence-corrected chi connectivity index (χ0v) is 29.2.